The molecule has 29 heavy (non-hydrogen) atoms. The van der Waals surface area contributed by atoms with Gasteiger partial charge in [-0.25, -0.2) is 13.8 Å². The highest BCUT2D eigenvalue weighted by Crippen LogP contribution is 2.33. The third-order valence-corrected chi connectivity index (χ3v) is 5.10. The van der Waals surface area contributed by atoms with Gasteiger partial charge in [0.15, 0.2) is 0 Å². The Balaban J connectivity index is 1.47. The largest absolute Gasteiger partial charge is 0.369 e. The molecule has 0 aromatic carbocycles. The molecule has 0 spiro atoms. The maximum Gasteiger partial charge on any atom is 0.255 e. The van der Waals surface area contributed by atoms with Gasteiger partial charge in [-0.3, -0.25) is 14.6 Å². The first-order valence-electron chi connectivity index (χ1n) is 9.56. The third kappa shape index (κ3) is 4.67. The zero-order valence-corrected chi connectivity index (χ0v) is 15.7. The Labute approximate surface area is 166 Å². The van der Waals surface area contributed by atoms with E-state index in [-0.39, 0.29) is 37.8 Å². The van der Waals surface area contributed by atoms with Crippen molar-refractivity contribution in [2.75, 3.05) is 28.6 Å². The predicted octanol–water partition coefficient (Wildman–Crippen LogP) is 3.31. The van der Waals surface area contributed by atoms with Gasteiger partial charge in [0, 0.05) is 49.8 Å². The summed E-state index contributed by atoms with van der Waals surface area (Å²) in [4.78, 5) is 34.6. The smallest absolute Gasteiger partial charge is 0.255 e. The molecule has 0 radical (unpaired) electrons. The number of nitrogens with zero attached hydrogens (tertiary/aromatic N) is 3. The van der Waals surface area contributed by atoms with Gasteiger partial charge in [0.1, 0.15) is 5.82 Å². The first-order chi connectivity index (χ1) is 13.9. The molecule has 1 saturated heterocycles. The first kappa shape index (κ1) is 19.2. The number of hydrogen-bond acceptors (Lipinski definition) is 5. The number of halogens is 2. The van der Waals surface area contributed by atoms with Crippen LogP contribution in [0.15, 0.2) is 36.8 Å². The molecule has 1 aliphatic heterocycles. The van der Waals surface area contributed by atoms with Gasteiger partial charge in [-0.15, -0.1) is 0 Å². The summed E-state index contributed by atoms with van der Waals surface area (Å²) in [6.07, 6.45) is 5.81. The average molecular weight is 401 g/mol. The summed E-state index contributed by atoms with van der Waals surface area (Å²) in [5.74, 6) is -2.79. The van der Waals surface area contributed by atoms with Crippen LogP contribution in [0.1, 0.15) is 36.0 Å². The predicted molar refractivity (Wildman–Crippen MR) is 104 cm³/mol. The second-order valence-electron chi connectivity index (χ2n) is 7.38. The molecule has 2 aliphatic rings. The maximum atomic E-state index is 13.5. The fourth-order valence-electron chi connectivity index (χ4n) is 3.24. The number of aromatic nitrogens is 2. The third-order valence-electron chi connectivity index (χ3n) is 5.10. The average Bonchev–Trinajstić information content (AvgIpc) is 3.54. The van der Waals surface area contributed by atoms with Crippen LogP contribution in [0.4, 0.5) is 26.0 Å². The molecule has 4 rings (SSSR count). The second-order valence-corrected chi connectivity index (χ2v) is 7.38. The fraction of sp³-hybridized carbons (Fsp3) is 0.400. The van der Waals surface area contributed by atoms with Crippen LogP contribution in [0.5, 0.6) is 0 Å². The SMILES string of the molecule is O=C(Nc1cnccc1N1CCC(F)(F)CC1)c1ccnc(NC(=O)C2CC2)c1. The van der Waals surface area contributed by atoms with Gasteiger partial charge >= 0.3 is 0 Å². The monoisotopic (exact) mass is 401 g/mol. The van der Waals surface area contributed by atoms with E-state index in [4.69, 9.17) is 0 Å². The molecule has 1 aliphatic carbocycles. The topological polar surface area (TPSA) is 87.2 Å². The molecule has 2 N–H and O–H groups in total. The molecule has 2 amide bonds. The van der Waals surface area contributed by atoms with Gasteiger partial charge in [0.25, 0.3) is 11.8 Å². The molecule has 0 atom stereocenters. The number of alkyl halides is 2. The minimum absolute atomic E-state index is 0.0316. The van der Waals surface area contributed by atoms with E-state index in [2.05, 4.69) is 20.6 Å². The standard InChI is InChI=1S/C20H21F2N5O2/c21-20(22)5-9-27(10-6-20)16-4-7-23-12-15(16)25-19(29)14-3-8-24-17(11-14)26-18(28)13-1-2-13/h3-4,7-8,11-13H,1-2,5-6,9-10H2,(H,25,29)(H,24,26,28). The zero-order chi connectivity index (χ0) is 20.4. The van der Waals surface area contributed by atoms with Gasteiger partial charge in [-0.05, 0) is 31.0 Å². The molecular weight excluding hydrogens is 380 g/mol. The van der Waals surface area contributed by atoms with Crippen LogP contribution >= 0.6 is 0 Å². The number of pyridine rings is 2. The molecule has 2 aromatic heterocycles. The van der Waals surface area contributed by atoms with Crippen molar-refractivity contribution in [1.29, 1.82) is 0 Å². The first-order valence-corrected chi connectivity index (χ1v) is 9.56. The van der Waals surface area contributed by atoms with Gasteiger partial charge in [-0.2, -0.15) is 0 Å². The number of nitrogens with one attached hydrogen (secondary N) is 2. The van der Waals surface area contributed by atoms with Gasteiger partial charge in [0.05, 0.1) is 17.6 Å². The highest BCUT2D eigenvalue weighted by atomic mass is 19.3. The second kappa shape index (κ2) is 7.73. The van der Waals surface area contributed by atoms with Gasteiger partial charge in [0.2, 0.25) is 5.91 Å². The molecule has 0 unspecified atom stereocenters. The molecule has 152 valence electrons. The summed E-state index contributed by atoms with van der Waals surface area (Å²) in [6.45, 7) is 0.402. The van der Waals surface area contributed by atoms with Crippen LogP contribution < -0.4 is 15.5 Å². The van der Waals surface area contributed by atoms with Crippen molar-refractivity contribution in [3.8, 4) is 0 Å². The summed E-state index contributed by atoms with van der Waals surface area (Å²) in [6, 6.07) is 4.75. The Kier molecular flexibility index (Phi) is 5.12. The number of carbonyl (C=O) groups excluding carboxylic acids is 2. The lowest BCUT2D eigenvalue weighted by molar-refractivity contribution is -0.117. The van der Waals surface area contributed by atoms with Crippen LogP contribution in [-0.4, -0.2) is 40.8 Å². The Bertz CT molecular complexity index is 923. The van der Waals surface area contributed by atoms with Crippen LogP contribution in [0.25, 0.3) is 0 Å². The van der Waals surface area contributed by atoms with E-state index in [0.717, 1.165) is 12.8 Å². The van der Waals surface area contributed by atoms with E-state index >= 15 is 0 Å². The van der Waals surface area contributed by atoms with Crippen LogP contribution in [0, 0.1) is 5.92 Å². The van der Waals surface area contributed by atoms with Crippen molar-refractivity contribution in [3.05, 3.63) is 42.4 Å². The molecule has 2 fully saturated rings. The van der Waals surface area contributed by atoms with E-state index in [1.165, 1.54) is 18.5 Å². The number of piperidine rings is 1. The number of carbonyl (C=O) groups is 2. The number of hydrogen-bond donors (Lipinski definition) is 2. The molecule has 9 heteroatoms. The van der Waals surface area contributed by atoms with Crippen LogP contribution in [0.3, 0.4) is 0 Å². The minimum Gasteiger partial charge on any atom is -0.369 e. The van der Waals surface area contributed by atoms with E-state index < -0.39 is 11.8 Å². The molecule has 3 heterocycles. The maximum absolute atomic E-state index is 13.5. The normalized spacial score (nSPS) is 18.2. The summed E-state index contributed by atoms with van der Waals surface area (Å²) >= 11 is 0. The lowest BCUT2D eigenvalue weighted by Gasteiger charge is -2.34. The zero-order valence-electron chi connectivity index (χ0n) is 15.7. The Morgan fingerprint density at radius 1 is 1.10 bits per heavy atom. The minimum atomic E-state index is -2.65. The van der Waals surface area contributed by atoms with E-state index in [1.54, 1.807) is 18.3 Å². The Morgan fingerprint density at radius 3 is 2.59 bits per heavy atom. The highest BCUT2D eigenvalue weighted by molar-refractivity contribution is 6.06. The van der Waals surface area contributed by atoms with Crippen molar-refractivity contribution < 1.29 is 18.4 Å². The Morgan fingerprint density at radius 2 is 1.86 bits per heavy atom. The fourth-order valence-corrected chi connectivity index (χ4v) is 3.24. The van der Waals surface area contributed by atoms with Crippen molar-refractivity contribution in [2.45, 2.75) is 31.6 Å². The molecule has 0 bridgehead atoms. The van der Waals surface area contributed by atoms with Crippen molar-refractivity contribution in [1.82, 2.24) is 9.97 Å². The summed E-state index contributed by atoms with van der Waals surface area (Å²) in [7, 11) is 0. The van der Waals surface area contributed by atoms with Crippen molar-refractivity contribution >= 4 is 29.0 Å². The van der Waals surface area contributed by atoms with Crippen LogP contribution in [0.2, 0.25) is 0 Å². The quantitative estimate of drug-likeness (QED) is 0.803. The molecular formula is C20H21F2N5O2. The lowest BCUT2D eigenvalue weighted by Crippen LogP contribution is -2.39. The summed E-state index contributed by atoms with van der Waals surface area (Å²) in [5.41, 5.74) is 1.43. The van der Waals surface area contributed by atoms with Gasteiger partial charge in [-0.1, -0.05) is 0 Å². The van der Waals surface area contributed by atoms with E-state index in [0.29, 0.717) is 22.8 Å². The Hall–Kier alpha value is -3.10. The molecule has 7 nitrogen and oxygen atoms in total. The highest BCUT2D eigenvalue weighted by Gasteiger charge is 2.34. The van der Waals surface area contributed by atoms with Gasteiger partial charge < -0.3 is 15.5 Å². The summed E-state index contributed by atoms with van der Waals surface area (Å²) < 4.78 is 26.9. The van der Waals surface area contributed by atoms with Crippen LogP contribution in [-0.2, 0) is 4.79 Å². The molecule has 1 saturated carbocycles. The number of amides is 2. The summed E-state index contributed by atoms with van der Waals surface area (Å²) in [5, 5.41) is 5.50. The van der Waals surface area contributed by atoms with E-state index in [9.17, 15) is 18.4 Å². The van der Waals surface area contributed by atoms with Crippen molar-refractivity contribution in [3.63, 3.8) is 0 Å². The number of anilines is 3. The molecule has 2 aromatic rings. The van der Waals surface area contributed by atoms with Crippen molar-refractivity contribution in [2.24, 2.45) is 5.92 Å². The van der Waals surface area contributed by atoms with E-state index in [1.807, 2.05) is 4.90 Å². The lowest BCUT2D eigenvalue weighted by atomic mass is 10.1. The number of rotatable bonds is 5.